The number of ether oxygens (including phenoxy) is 2. The van der Waals surface area contributed by atoms with Gasteiger partial charge in [-0.25, -0.2) is 4.79 Å². The van der Waals surface area contributed by atoms with Crippen LogP contribution in [0, 0.1) is 0 Å². The van der Waals surface area contributed by atoms with Crippen LogP contribution < -0.4 is 0 Å². The van der Waals surface area contributed by atoms with Gasteiger partial charge in [0.25, 0.3) is 0 Å². The quantitative estimate of drug-likeness (QED) is 0.443. The Hall–Kier alpha value is -0.810. The minimum absolute atomic E-state index is 0.449. The molecule has 0 N–H and O–H groups in total. The van der Waals surface area contributed by atoms with E-state index in [2.05, 4.69) is 9.80 Å². The van der Waals surface area contributed by atoms with E-state index in [-0.39, 0.29) is 0 Å². The summed E-state index contributed by atoms with van der Waals surface area (Å²) >= 11 is 0. The van der Waals surface area contributed by atoms with Gasteiger partial charge in [-0.2, -0.15) is 0 Å². The Balaban J connectivity index is 3.22. The Morgan fingerprint density at radius 1 is 0.778 bits per heavy atom. The third-order valence-corrected chi connectivity index (χ3v) is 2.44. The zero-order valence-electron chi connectivity index (χ0n) is 12.3. The van der Waals surface area contributed by atoms with Crippen LogP contribution in [0.25, 0.3) is 0 Å². The summed E-state index contributed by atoms with van der Waals surface area (Å²) in [7, 11) is 8.12. The van der Waals surface area contributed by atoms with Crippen molar-refractivity contribution in [3.8, 4) is 0 Å². The van der Waals surface area contributed by atoms with Crippen molar-refractivity contribution in [3.05, 3.63) is 0 Å². The molecule has 0 aromatic carbocycles. The number of hydrogen-bond donors (Lipinski definition) is 0. The minimum atomic E-state index is -0.537. The molecule has 0 heterocycles. The molecule has 0 bridgehead atoms. The van der Waals surface area contributed by atoms with Gasteiger partial charge >= 0.3 is 6.16 Å². The molecule has 0 amide bonds. The lowest BCUT2D eigenvalue weighted by atomic mass is 10.3. The van der Waals surface area contributed by atoms with Crippen molar-refractivity contribution in [3.63, 3.8) is 0 Å². The Morgan fingerprint density at radius 3 is 1.50 bits per heavy atom. The number of hydrogen-bond acceptors (Lipinski definition) is 5. The second kappa shape index (κ2) is 11.3. The fourth-order valence-electron chi connectivity index (χ4n) is 1.41. The van der Waals surface area contributed by atoms with E-state index in [0.29, 0.717) is 13.2 Å². The first-order chi connectivity index (χ1) is 8.52. The van der Waals surface area contributed by atoms with Crippen LogP contribution in [0.15, 0.2) is 0 Å². The predicted octanol–water partition coefficient (Wildman–Crippen LogP) is 1.82. The average Bonchev–Trinajstić information content (AvgIpc) is 2.27. The monoisotopic (exact) mass is 260 g/mol. The molecule has 0 atom stereocenters. The number of carbonyl (C=O) groups is 1. The molecule has 0 aliphatic carbocycles. The van der Waals surface area contributed by atoms with Crippen LogP contribution in [0.4, 0.5) is 4.79 Å². The maximum Gasteiger partial charge on any atom is 0.508 e. The summed E-state index contributed by atoms with van der Waals surface area (Å²) in [5.74, 6) is 0. The molecule has 0 radical (unpaired) electrons. The molecule has 0 aromatic heterocycles. The highest BCUT2D eigenvalue weighted by atomic mass is 16.7. The Bertz CT molecular complexity index is 188. The maximum absolute atomic E-state index is 11.2. The van der Waals surface area contributed by atoms with Crippen molar-refractivity contribution >= 4 is 6.16 Å². The van der Waals surface area contributed by atoms with Crippen LogP contribution in [0.5, 0.6) is 0 Å². The standard InChI is InChI=1S/C13H28N2O3/c1-14(2)9-5-7-11-17-13(16)18-12-8-6-10-15(3)4/h5-12H2,1-4H3. The first-order valence-electron chi connectivity index (χ1n) is 6.61. The van der Waals surface area contributed by atoms with Gasteiger partial charge in [-0.1, -0.05) is 0 Å². The zero-order chi connectivity index (χ0) is 13.8. The number of nitrogens with zero attached hydrogens (tertiary/aromatic N) is 2. The van der Waals surface area contributed by atoms with E-state index in [9.17, 15) is 4.79 Å². The molecule has 0 fully saturated rings. The Morgan fingerprint density at radius 2 is 1.17 bits per heavy atom. The normalized spacial score (nSPS) is 11.0. The van der Waals surface area contributed by atoms with Crippen LogP contribution in [0.1, 0.15) is 25.7 Å². The second-order valence-corrected chi connectivity index (χ2v) is 4.97. The first kappa shape index (κ1) is 17.2. The lowest BCUT2D eigenvalue weighted by Gasteiger charge is -2.10. The lowest BCUT2D eigenvalue weighted by Crippen LogP contribution is -2.15. The van der Waals surface area contributed by atoms with Gasteiger partial charge in [0, 0.05) is 0 Å². The largest absolute Gasteiger partial charge is 0.508 e. The van der Waals surface area contributed by atoms with Gasteiger partial charge < -0.3 is 19.3 Å². The number of carbonyl (C=O) groups excluding carboxylic acids is 1. The SMILES string of the molecule is CN(C)CCCCOC(=O)OCCCCN(C)C. The van der Waals surface area contributed by atoms with Crippen molar-refractivity contribution in [2.24, 2.45) is 0 Å². The summed E-state index contributed by atoms with van der Waals surface area (Å²) in [5, 5.41) is 0. The van der Waals surface area contributed by atoms with E-state index in [1.807, 2.05) is 28.2 Å². The molecule has 0 aromatic rings. The lowest BCUT2D eigenvalue weighted by molar-refractivity contribution is 0.0525. The van der Waals surface area contributed by atoms with Crippen LogP contribution in [0.3, 0.4) is 0 Å². The average molecular weight is 260 g/mol. The molecule has 0 saturated carbocycles. The smallest absolute Gasteiger partial charge is 0.434 e. The van der Waals surface area contributed by atoms with Crippen LogP contribution in [0.2, 0.25) is 0 Å². The van der Waals surface area contributed by atoms with Gasteiger partial charge in [-0.05, 0) is 67.0 Å². The van der Waals surface area contributed by atoms with Gasteiger partial charge in [0.15, 0.2) is 0 Å². The topological polar surface area (TPSA) is 42.0 Å². The first-order valence-corrected chi connectivity index (χ1v) is 6.61. The van der Waals surface area contributed by atoms with Crippen molar-refractivity contribution in [1.29, 1.82) is 0 Å². The van der Waals surface area contributed by atoms with E-state index in [1.54, 1.807) is 0 Å². The Kier molecular flexibility index (Phi) is 10.8. The van der Waals surface area contributed by atoms with E-state index in [1.165, 1.54) is 0 Å². The highest BCUT2D eigenvalue weighted by Gasteiger charge is 2.03. The molecular weight excluding hydrogens is 232 g/mol. The highest BCUT2D eigenvalue weighted by Crippen LogP contribution is 1.96. The van der Waals surface area contributed by atoms with Crippen molar-refractivity contribution in [1.82, 2.24) is 9.80 Å². The van der Waals surface area contributed by atoms with Crippen molar-refractivity contribution in [2.45, 2.75) is 25.7 Å². The molecule has 0 rings (SSSR count). The van der Waals surface area contributed by atoms with Crippen LogP contribution in [-0.2, 0) is 9.47 Å². The third kappa shape index (κ3) is 13.3. The fraction of sp³-hybridized carbons (Fsp3) is 0.923. The fourth-order valence-corrected chi connectivity index (χ4v) is 1.41. The van der Waals surface area contributed by atoms with E-state index in [0.717, 1.165) is 38.8 Å². The molecule has 0 saturated heterocycles. The zero-order valence-corrected chi connectivity index (χ0v) is 12.3. The summed E-state index contributed by atoms with van der Waals surface area (Å²) in [6, 6.07) is 0. The summed E-state index contributed by atoms with van der Waals surface area (Å²) in [4.78, 5) is 15.4. The Labute approximate surface area is 111 Å². The summed E-state index contributed by atoms with van der Waals surface area (Å²) in [6.45, 7) is 2.93. The van der Waals surface area contributed by atoms with Crippen molar-refractivity contribution in [2.75, 3.05) is 54.5 Å². The minimum Gasteiger partial charge on any atom is -0.434 e. The van der Waals surface area contributed by atoms with Gasteiger partial charge in [-0.3, -0.25) is 0 Å². The number of rotatable bonds is 10. The van der Waals surface area contributed by atoms with E-state index >= 15 is 0 Å². The molecule has 0 unspecified atom stereocenters. The summed E-state index contributed by atoms with van der Waals surface area (Å²) < 4.78 is 9.92. The molecule has 0 aliphatic rings. The predicted molar refractivity (Wildman–Crippen MR) is 72.9 cm³/mol. The molecule has 108 valence electrons. The van der Waals surface area contributed by atoms with Gasteiger partial charge in [0.2, 0.25) is 0 Å². The summed E-state index contributed by atoms with van der Waals surface area (Å²) in [5.41, 5.74) is 0. The van der Waals surface area contributed by atoms with Gasteiger partial charge in [0.1, 0.15) is 0 Å². The second-order valence-electron chi connectivity index (χ2n) is 4.97. The van der Waals surface area contributed by atoms with Crippen molar-refractivity contribution < 1.29 is 14.3 Å². The van der Waals surface area contributed by atoms with E-state index in [4.69, 9.17) is 9.47 Å². The summed E-state index contributed by atoms with van der Waals surface area (Å²) in [6.07, 6.45) is 3.29. The molecule has 18 heavy (non-hydrogen) atoms. The molecule has 5 heteroatoms. The third-order valence-electron chi connectivity index (χ3n) is 2.44. The molecule has 0 aliphatic heterocycles. The number of unbranched alkanes of at least 4 members (excludes halogenated alkanes) is 2. The van der Waals surface area contributed by atoms with E-state index < -0.39 is 6.16 Å². The van der Waals surface area contributed by atoms with Crippen LogP contribution in [-0.4, -0.2) is 70.4 Å². The molecular formula is C13H28N2O3. The highest BCUT2D eigenvalue weighted by molar-refractivity contribution is 5.59. The van der Waals surface area contributed by atoms with Gasteiger partial charge in [0.05, 0.1) is 13.2 Å². The van der Waals surface area contributed by atoms with Gasteiger partial charge in [-0.15, -0.1) is 0 Å². The molecule has 0 spiro atoms. The maximum atomic E-state index is 11.2. The molecule has 5 nitrogen and oxygen atoms in total. The van der Waals surface area contributed by atoms with Crippen LogP contribution >= 0.6 is 0 Å².